The minimum absolute atomic E-state index is 0.213. The van der Waals surface area contributed by atoms with Crippen LogP contribution < -0.4 is 10.1 Å². The molecular weight excluding hydrogens is 389 g/mol. The van der Waals surface area contributed by atoms with Crippen LogP contribution in [0.2, 0.25) is 0 Å². The third kappa shape index (κ3) is 6.20. The van der Waals surface area contributed by atoms with Gasteiger partial charge in [-0.25, -0.2) is 0 Å². The summed E-state index contributed by atoms with van der Waals surface area (Å²) in [4.78, 5) is 16.8. The fraction of sp³-hybridized carbons (Fsp3) is 0.474. The molecule has 0 radical (unpaired) electrons. The molecule has 1 aliphatic rings. The molecule has 1 amide bonds. The second-order valence-electron chi connectivity index (χ2n) is 6.98. The molecular formula is C19H23F3N4O3. The van der Waals surface area contributed by atoms with E-state index in [4.69, 9.17) is 4.52 Å². The average Bonchev–Trinajstić information content (AvgIpc) is 3.07. The standard InChI is InChI=1S/C19H23F3N4O3/c1-13-11-16(24-29-13)12-25-7-9-26(10-8-25)14(2)18(27)23-15-3-5-17(6-4-15)28-19(20,21)22/h3-6,11,14H,7-10,12H2,1-2H3,(H,23,27)/t14-/m0/s1. The molecule has 0 aliphatic carbocycles. The zero-order valence-electron chi connectivity index (χ0n) is 16.2. The number of hydrogen-bond donors (Lipinski definition) is 1. The largest absolute Gasteiger partial charge is 0.573 e. The molecule has 7 nitrogen and oxygen atoms in total. The minimum Gasteiger partial charge on any atom is -0.406 e. The molecule has 1 saturated heterocycles. The third-order valence-corrected chi connectivity index (χ3v) is 4.75. The van der Waals surface area contributed by atoms with Crippen LogP contribution in [0.15, 0.2) is 34.9 Å². The normalized spacial score (nSPS) is 17.1. The van der Waals surface area contributed by atoms with Gasteiger partial charge >= 0.3 is 6.36 Å². The van der Waals surface area contributed by atoms with E-state index < -0.39 is 6.36 Å². The van der Waals surface area contributed by atoms with Crippen molar-refractivity contribution in [3.05, 3.63) is 41.8 Å². The summed E-state index contributed by atoms with van der Waals surface area (Å²) in [5.41, 5.74) is 1.30. The zero-order valence-corrected chi connectivity index (χ0v) is 16.2. The van der Waals surface area contributed by atoms with E-state index >= 15 is 0 Å². The number of piperazine rings is 1. The summed E-state index contributed by atoms with van der Waals surface area (Å²) < 4.78 is 45.5. The molecule has 1 aromatic heterocycles. The molecule has 1 aromatic carbocycles. The van der Waals surface area contributed by atoms with Gasteiger partial charge in [0.05, 0.1) is 11.7 Å². The van der Waals surface area contributed by atoms with Gasteiger partial charge in [0.1, 0.15) is 11.5 Å². The summed E-state index contributed by atoms with van der Waals surface area (Å²) in [6.45, 7) is 7.42. The first kappa shape index (κ1) is 21.1. The highest BCUT2D eigenvalue weighted by molar-refractivity contribution is 5.94. The van der Waals surface area contributed by atoms with Gasteiger partial charge in [0.2, 0.25) is 5.91 Å². The molecule has 3 rings (SSSR count). The van der Waals surface area contributed by atoms with E-state index in [0.29, 0.717) is 12.2 Å². The average molecular weight is 412 g/mol. The molecule has 0 spiro atoms. The molecule has 1 fully saturated rings. The fourth-order valence-corrected chi connectivity index (χ4v) is 3.18. The van der Waals surface area contributed by atoms with Crippen LogP contribution in [0.4, 0.5) is 18.9 Å². The van der Waals surface area contributed by atoms with Crippen molar-refractivity contribution in [2.75, 3.05) is 31.5 Å². The van der Waals surface area contributed by atoms with Gasteiger partial charge in [0, 0.05) is 44.5 Å². The molecule has 29 heavy (non-hydrogen) atoms. The van der Waals surface area contributed by atoms with Crippen LogP contribution in [0.3, 0.4) is 0 Å². The van der Waals surface area contributed by atoms with Gasteiger partial charge in [-0.15, -0.1) is 13.2 Å². The first-order chi connectivity index (χ1) is 13.7. The molecule has 2 heterocycles. The number of aromatic nitrogens is 1. The van der Waals surface area contributed by atoms with E-state index in [9.17, 15) is 18.0 Å². The minimum atomic E-state index is -4.74. The molecule has 10 heteroatoms. The number of halogens is 3. The summed E-state index contributed by atoms with van der Waals surface area (Å²) >= 11 is 0. The van der Waals surface area contributed by atoms with Crippen LogP contribution >= 0.6 is 0 Å². The van der Waals surface area contributed by atoms with Crippen molar-refractivity contribution in [1.82, 2.24) is 15.0 Å². The van der Waals surface area contributed by atoms with Gasteiger partial charge in [-0.05, 0) is 38.1 Å². The molecule has 0 unspecified atom stereocenters. The second-order valence-corrected chi connectivity index (χ2v) is 6.98. The number of alkyl halides is 3. The molecule has 2 aromatic rings. The topological polar surface area (TPSA) is 70.8 Å². The summed E-state index contributed by atoms with van der Waals surface area (Å²) in [7, 11) is 0. The molecule has 1 N–H and O–H groups in total. The van der Waals surface area contributed by atoms with Crippen LogP contribution in [0, 0.1) is 6.92 Å². The number of amides is 1. The number of nitrogens with one attached hydrogen (secondary N) is 1. The maximum Gasteiger partial charge on any atom is 0.573 e. The Labute approximate surface area is 166 Å². The summed E-state index contributed by atoms with van der Waals surface area (Å²) in [5.74, 6) is 0.235. The van der Waals surface area contributed by atoms with Crippen LogP contribution in [0.1, 0.15) is 18.4 Å². The summed E-state index contributed by atoms with van der Waals surface area (Å²) in [6, 6.07) is 6.63. The molecule has 0 saturated carbocycles. The summed E-state index contributed by atoms with van der Waals surface area (Å²) in [5, 5.41) is 6.73. The monoisotopic (exact) mass is 412 g/mol. The van der Waals surface area contributed by atoms with Gasteiger partial charge in [-0.1, -0.05) is 5.16 Å². The van der Waals surface area contributed by atoms with Crippen LogP contribution in [0.5, 0.6) is 5.75 Å². The van der Waals surface area contributed by atoms with Crippen molar-refractivity contribution in [2.24, 2.45) is 0 Å². The van der Waals surface area contributed by atoms with Gasteiger partial charge < -0.3 is 14.6 Å². The second kappa shape index (κ2) is 8.83. The first-order valence-electron chi connectivity index (χ1n) is 9.25. The molecule has 158 valence electrons. The maximum atomic E-state index is 12.5. The number of benzene rings is 1. The van der Waals surface area contributed by atoms with E-state index in [1.807, 2.05) is 19.9 Å². The molecule has 1 aliphatic heterocycles. The smallest absolute Gasteiger partial charge is 0.406 e. The van der Waals surface area contributed by atoms with E-state index in [1.54, 1.807) is 0 Å². The number of aryl methyl sites for hydroxylation is 1. The van der Waals surface area contributed by atoms with Gasteiger partial charge in [-0.2, -0.15) is 0 Å². The van der Waals surface area contributed by atoms with Crippen molar-refractivity contribution in [1.29, 1.82) is 0 Å². The fourth-order valence-electron chi connectivity index (χ4n) is 3.18. The Morgan fingerprint density at radius 3 is 2.45 bits per heavy atom. The lowest BCUT2D eigenvalue weighted by Crippen LogP contribution is -2.52. The van der Waals surface area contributed by atoms with Crippen molar-refractivity contribution < 1.29 is 27.2 Å². The van der Waals surface area contributed by atoms with Crippen LogP contribution in [0.25, 0.3) is 0 Å². The Morgan fingerprint density at radius 1 is 1.24 bits per heavy atom. The Hall–Kier alpha value is -2.59. The van der Waals surface area contributed by atoms with E-state index in [1.165, 1.54) is 12.1 Å². The highest BCUT2D eigenvalue weighted by Crippen LogP contribution is 2.24. The van der Waals surface area contributed by atoms with E-state index in [-0.39, 0.29) is 17.7 Å². The SMILES string of the molecule is Cc1cc(CN2CCN([C@@H](C)C(=O)Nc3ccc(OC(F)(F)F)cc3)CC2)no1. The van der Waals surface area contributed by atoms with Crippen molar-refractivity contribution in [2.45, 2.75) is 32.8 Å². The van der Waals surface area contributed by atoms with Gasteiger partial charge in [-0.3, -0.25) is 14.6 Å². The molecule has 0 bridgehead atoms. The quantitative estimate of drug-likeness (QED) is 0.787. The van der Waals surface area contributed by atoms with E-state index in [0.717, 1.165) is 49.8 Å². The Bertz CT molecular complexity index is 815. The predicted octanol–water partition coefficient (Wildman–Crippen LogP) is 3.03. The lowest BCUT2D eigenvalue weighted by Gasteiger charge is -2.37. The van der Waals surface area contributed by atoms with Crippen molar-refractivity contribution >= 4 is 11.6 Å². The van der Waals surface area contributed by atoms with Gasteiger partial charge in [0.15, 0.2) is 0 Å². The third-order valence-electron chi connectivity index (χ3n) is 4.75. The lowest BCUT2D eigenvalue weighted by molar-refractivity contribution is -0.274. The highest BCUT2D eigenvalue weighted by Gasteiger charge is 2.31. The van der Waals surface area contributed by atoms with E-state index in [2.05, 4.69) is 25.0 Å². The van der Waals surface area contributed by atoms with Crippen LogP contribution in [-0.2, 0) is 11.3 Å². The number of carbonyl (C=O) groups excluding carboxylic acids is 1. The number of carbonyl (C=O) groups is 1. The lowest BCUT2D eigenvalue weighted by atomic mass is 10.2. The number of rotatable bonds is 6. The van der Waals surface area contributed by atoms with Crippen molar-refractivity contribution in [3.8, 4) is 5.75 Å². The first-order valence-corrected chi connectivity index (χ1v) is 9.25. The predicted molar refractivity (Wildman–Crippen MR) is 99.3 cm³/mol. The number of anilines is 1. The Morgan fingerprint density at radius 2 is 1.90 bits per heavy atom. The Balaban J connectivity index is 1.46. The van der Waals surface area contributed by atoms with Crippen LogP contribution in [-0.4, -0.2) is 59.4 Å². The summed E-state index contributed by atoms with van der Waals surface area (Å²) in [6.07, 6.45) is -4.74. The molecule has 1 atom stereocenters. The highest BCUT2D eigenvalue weighted by atomic mass is 19.4. The number of nitrogens with zero attached hydrogens (tertiary/aromatic N) is 3. The number of hydrogen-bond acceptors (Lipinski definition) is 6. The van der Waals surface area contributed by atoms with Gasteiger partial charge in [0.25, 0.3) is 0 Å². The van der Waals surface area contributed by atoms with Crippen molar-refractivity contribution in [3.63, 3.8) is 0 Å². The maximum absolute atomic E-state index is 12.5. The number of ether oxygens (including phenoxy) is 1. The Kier molecular flexibility index (Phi) is 6.43. The zero-order chi connectivity index (χ0) is 21.0.